The third kappa shape index (κ3) is 2.88. The van der Waals surface area contributed by atoms with Crippen molar-refractivity contribution in [3.8, 4) is 0 Å². The van der Waals surface area contributed by atoms with Crippen molar-refractivity contribution in [1.82, 2.24) is 4.90 Å². The quantitative estimate of drug-likeness (QED) is 0.945. The number of carboxylic acids is 1. The molecule has 21 heavy (non-hydrogen) atoms. The smallest absolute Gasteiger partial charge is 0.327 e. The highest BCUT2D eigenvalue weighted by molar-refractivity contribution is 7.99. The molecule has 3 rings (SSSR count). The highest BCUT2D eigenvalue weighted by atomic mass is 32.2. The SMILES string of the molecule is O=C(O)[C@@H]1CSCN1C(=O)Cc1ccc2ccccc2c1. The van der Waals surface area contributed by atoms with E-state index in [1.54, 1.807) is 0 Å². The molecule has 0 spiro atoms. The molecule has 1 aliphatic rings. The number of aliphatic carboxylic acids is 1. The van der Waals surface area contributed by atoms with Crippen LogP contribution in [0.1, 0.15) is 5.56 Å². The van der Waals surface area contributed by atoms with E-state index in [0.717, 1.165) is 16.3 Å². The monoisotopic (exact) mass is 301 g/mol. The van der Waals surface area contributed by atoms with Gasteiger partial charge < -0.3 is 10.0 Å². The molecule has 5 heteroatoms. The maximum atomic E-state index is 12.3. The van der Waals surface area contributed by atoms with Gasteiger partial charge in [-0.15, -0.1) is 11.8 Å². The van der Waals surface area contributed by atoms with Gasteiger partial charge in [0.15, 0.2) is 0 Å². The largest absolute Gasteiger partial charge is 0.480 e. The van der Waals surface area contributed by atoms with E-state index in [-0.39, 0.29) is 12.3 Å². The number of hydrogen-bond donors (Lipinski definition) is 1. The average molecular weight is 301 g/mol. The molecule has 1 heterocycles. The highest BCUT2D eigenvalue weighted by Gasteiger charge is 2.34. The van der Waals surface area contributed by atoms with Gasteiger partial charge in [0, 0.05) is 5.75 Å². The molecule has 2 aromatic rings. The molecule has 1 aliphatic heterocycles. The number of thioether (sulfide) groups is 1. The van der Waals surface area contributed by atoms with Crippen LogP contribution in [0.3, 0.4) is 0 Å². The Morgan fingerprint density at radius 1 is 1.19 bits per heavy atom. The summed E-state index contributed by atoms with van der Waals surface area (Å²) in [5.41, 5.74) is 0.916. The lowest BCUT2D eigenvalue weighted by Crippen LogP contribution is -2.42. The second-order valence-corrected chi connectivity index (χ2v) is 6.08. The Bertz CT molecular complexity index is 701. The summed E-state index contributed by atoms with van der Waals surface area (Å²) in [4.78, 5) is 24.9. The lowest BCUT2D eigenvalue weighted by molar-refractivity contribution is -0.147. The minimum atomic E-state index is -0.924. The summed E-state index contributed by atoms with van der Waals surface area (Å²) in [5, 5.41) is 11.4. The minimum Gasteiger partial charge on any atom is -0.480 e. The molecule has 4 nitrogen and oxygen atoms in total. The lowest BCUT2D eigenvalue weighted by Gasteiger charge is -2.20. The summed E-state index contributed by atoms with van der Waals surface area (Å²) in [7, 11) is 0. The fourth-order valence-electron chi connectivity index (χ4n) is 2.52. The van der Waals surface area contributed by atoms with E-state index in [9.17, 15) is 9.59 Å². The van der Waals surface area contributed by atoms with Crippen LogP contribution in [0.4, 0.5) is 0 Å². The molecule has 1 amide bonds. The Morgan fingerprint density at radius 2 is 1.95 bits per heavy atom. The molecule has 1 fully saturated rings. The van der Waals surface area contributed by atoms with Gasteiger partial charge in [0.2, 0.25) is 5.91 Å². The summed E-state index contributed by atoms with van der Waals surface area (Å²) < 4.78 is 0. The topological polar surface area (TPSA) is 57.6 Å². The third-order valence-electron chi connectivity index (χ3n) is 3.66. The van der Waals surface area contributed by atoms with E-state index in [1.807, 2.05) is 42.5 Å². The van der Waals surface area contributed by atoms with E-state index < -0.39 is 12.0 Å². The van der Waals surface area contributed by atoms with Crippen molar-refractivity contribution in [3.05, 3.63) is 48.0 Å². The van der Waals surface area contributed by atoms with Crippen LogP contribution in [0.5, 0.6) is 0 Å². The van der Waals surface area contributed by atoms with Crippen LogP contribution < -0.4 is 0 Å². The van der Waals surface area contributed by atoms with Crippen LogP contribution >= 0.6 is 11.8 Å². The van der Waals surface area contributed by atoms with Crippen LogP contribution in [0.2, 0.25) is 0 Å². The zero-order chi connectivity index (χ0) is 14.8. The molecule has 1 saturated heterocycles. The first-order valence-corrected chi connectivity index (χ1v) is 7.88. The van der Waals surface area contributed by atoms with Crippen molar-refractivity contribution in [1.29, 1.82) is 0 Å². The summed E-state index contributed by atoms with van der Waals surface area (Å²) in [6, 6.07) is 13.2. The van der Waals surface area contributed by atoms with Crippen molar-refractivity contribution in [3.63, 3.8) is 0 Å². The van der Waals surface area contributed by atoms with Crippen molar-refractivity contribution in [2.24, 2.45) is 0 Å². The van der Waals surface area contributed by atoms with Gasteiger partial charge in [-0.2, -0.15) is 0 Å². The number of amides is 1. The van der Waals surface area contributed by atoms with E-state index in [1.165, 1.54) is 16.7 Å². The molecule has 0 saturated carbocycles. The second kappa shape index (κ2) is 5.77. The normalized spacial score (nSPS) is 18.1. The summed E-state index contributed by atoms with van der Waals surface area (Å²) in [6.07, 6.45) is 0.245. The average Bonchev–Trinajstić information content (AvgIpc) is 2.97. The molecule has 2 aromatic carbocycles. The molecule has 0 aliphatic carbocycles. The van der Waals surface area contributed by atoms with Crippen molar-refractivity contribution in [2.45, 2.75) is 12.5 Å². The van der Waals surface area contributed by atoms with E-state index in [0.29, 0.717) is 11.6 Å². The number of carbonyl (C=O) groups is 2. The van der Waals surface area contributed by atoms with Crippen LogP contribution in [-0.4, -0.2) is 39.6 Å². The fourth-order valence-corrected chi connectivity index (χ4v) is 3.69. The Labute approximate surface area is 126 Å². The van der Waals surface area contributed by atoms with Crippen molar-refractivity contribution in [2.75, 3.05) is 11.6 Å². The van der Waals surface area contributed by atoms with Gasteiger partial charge in [0.25, 0.3) is 0 Å². The van der Waals surface area contributed by atoms with Crippen molar-refractivity contribution >= 4 is 34.4 Å². The first-order valence-electron chi connectivity index (χ1n) is 6.73. The number of fused-ring (bicyclic) bond motifs is 1. The molecule has 0 bridgehead atoms. The molecule has 108 valence electrons. The number of rotatable bonds is 3. The molecular formula is C16H15NO3S. The van der Waals surface area contributed by atoms with Gasteiger partial charge in [-0.3, -0.25) is 4.79 Å². The molecular weight excluding hydrogens is 286 g/mol. The van der Waals surface area contributed by atoms with Crippen LogP contribution in [0.25, 0.3) is 10.8 Å². The Hall–Kier alpha value is -2.01. The van der Waals surface area contributed by atoms with Crippen molar-refractivity contribution < 1.29 is 14.7 Å². The van der Waals surface area contributed by atoms with Crippen LogP contribution in [0, 0.1) is 0 Å². The molecule has 0 aromatic heterocycles. The van der Waals surface area contributed by atoms with Crippen LogP contribution in [-0.2, 0) is 16.0 Å². The number of nitrogens with zero attached hydrogens (tertiary/aromatic N) is 1. The maximum Gasteiger partial charge on any atom is 0.327 e. The minimum absolute atomic E-state index is 0.123. The van der Waals surface area contributed by atoms with Gasteiger partial charge in [-0.25, -0.2) is 4.79 Å². The second-order valence-electron chi connectivity index (χ2n) is 5.08. The van der Waals surface area contributed by atoms with Gasteiger partial charge in [0.1, 0.15) is 6.04 Å². The van der Waals surface area contributed by atoms with Gasteiger partial charge in [0.05, 0.1) is 12.3 Å². The van der Waals surface area contributed by atoms with Gasteiger partial charge in [-0.1, -0.05) is 42.5 Å². The zero-order valence-corrected chi connectivity index (χ0v) is 12.2. The van der Waals surface area contributed by atoms with E-state index >= 15 is 0 Å². The number of carbonyl (C=O) groups excluding carboxylic acids is 1. The Kier molecular flexibility index (Phi) is 3.84. The lowest BCUT2D eigenvalue weighted by atomic mass is 10.0. The fraction of sp³-hybridized carbons (Fsp3) is 0.250. The predicted octanol–water partition coefficient (Wildman–Crippen LogP) is 2.37. The predicted molar refractivity (Wildman–Crippen MR) is 83.2 cm³/mol. The summed E-state index contributed by atoms with van der Waals surface area (Å²) in [5.74, 6) is -0.114. The van der Waals surface area contributed by atoms with Crippen LogP contribution in [0.15, 0.2) is 42.5 Å². The van der Waals surface area contributed by atoms with E-state index in [2.05, 4.69) is 0 Å². The molecule has 0 unspecified atom stereocenters. The highest BCUT2D eigenvalue weighted by Crippen LogP contribution is 2.23. The first-order chi connectivity index (χ1) is 10.1. The maximum absolute atomic E-state index is 12.3. The standard InChI is InChI=1S/C16H15NO3S/c18-15(17-10-21-9-14(17)16(19)20)8-11-5-6-12-3-1-2-4-13(12)7-11/h1-7,14H,8-10H2,(H,19,20)/t14-/m0/s1. The number of benzene rings is 2. The third-order valence-corrected chi connectivity index (χ3v) is 4.67. The molecule has 1 N–H and O–H groups in total. The molecule has 0 radical (unpaired) electrons. The zero-order valence-electron chi connectivity index (χ0n) is 11.4. The number of carboxylic acid groups (broad SMARTS) is 1. The first kappa shape index (κ1) is 13.9. The summed E-state index contributed by atoms with van der Waals surface area (Å²) >= 11 is 1.48. The van der Waals surface area contributed by atoms with E-state index in [4.69, 9.17) is 5.11 Å². The summed E-state index contributed by atoms with van der Waals surface area (Å²) in [6.45, 7) is 0. The van der Waals surface area contributed by atoms with Gasteiger partial charge in [-0.05, 0) is 16.3 Å². The van der Waals surface area contributed by atoms with Gasteiger partial charge >= 0.3 is 5.97 Å². The Balaban J connectivity index is 1.78. The molecule has 1 atom stereocenters. The Morgan fingerprint density at radius 3 is 2.71 bits per heavy atom. The number of hydrogen-bond acceptors (Lipinski definition) is 3.